The lowest BCUT2D eigenvalue weighted by Gasteiger charge is -2.46. The first-order chi connectivity index (χ1) is 20.6. The van der Waals surface area contributed by atoms with E-state index in [1.54, 1.807) is 30.1 Å². The molecule has 0 saturated heterocycles. The number of carbonyl (C=O) groups excluding carboxylic acids is 1. The van der Waals surface area contributed by atoms with Crippen LogP contribution in [0.15, 0.2) is 65.8 Å². The van der Waals surface area contributed by atoms with Crippen LogP contribution < -0.4 is 0 Å². The van der Waals surface area contributed by atoms with Crippen LogP contribution in [0.5, 0.6) is 0 Å². The van der Waals surface area contributed by atoms with Crippen LogP contribution in [0.1, 0.15) is 53.8 Å². The van der Waals surface area contributed by atoms with Gasteiger partial charge in [0.15, 0.2) is 5.78 Å². The Hall–Kier alpha value is -4.10. The zero-order chi connectivity index (χ0) is 29.9. The Labute approximate surface area is 247 Å². The first kappa shape index (κ1) is 27.7. The number of halogens is 2. The van der Waals surface area contributed by atoms with Gasteiger partial charge < -0.3 is 0 Å². The summed E-state index contributed by atoms with van der Waals surface area (Å²) in [4.78, 5) is 22.7. The third-order valence-electron chi connectivity index (χ3n) is 8.76. The van der Waals surface area contributed by atoms with Gasteiger partial charge in [0.25, 0.3) is 15.2 Å². The summed E-state index contributed by atoms with van der Waals surface area (Å²) in [5.41, 5.74) is 1.86. The lowest BCUT2D eigenvalue weighted by Crippen LogP contribution is -2.51. The maximum atomic E-state index is 14.4. The summed E-state index contributed by atoms with van der Waals surface area (Å²) in [6, 6.07) is 7.79. The van der Waals surface area contributed by atoms with Crippen LogP contribution in [-0.4, -0.2) is 60.6 Å². The normalized spacial score (nSPS) is 21.8. The van der Waals surface area contributed by atoms with E-state index in [1.165, 1.54) is 39.7 Å². The number of Topliss-reactive ketones (excluding diaryl/α,β-unsaturated/α-hetero) is 1. The Morgan fingerprint density at radius 3 is 2.58 bits per heavy atom. The number of fused-ring (bicyclic) bond motifs is 2. The first-order valence-electron chi connectivity index (χ1n) is 14.2. The molecule has 3 heterocycles. The largest absolute Gasteiger partial charge is 0.291 e. The SMILES string of the molecule is Cn1cnc(S(=O)(=O)N(CC2CC2)[C@H]2CCC3=Cc4c(cnn4-c4ccc(F)cc4)C[C@]3(C(=O)c3cc(F)ccn3)C2)n1. The minimum absolute atomic E-state index is 0.0103. The van der Waals surface area contributed by atoms with Crippen molar-refractivity contribution in [3.05, 3.63) is 89.3 Å². The van der Waals surface area contributed by atoms with Crippen LogP contribution in [0.3, 0.4) is 0 Å². The number of hydrogen-bond donors (Lipinski definition) is 0. The van der Waals surface area contributed by atoms with Crippen molar-refractivity contribution in [2.75, 3.05) is 6.54 Å². The monoisotopic (exact) mass is 605 g/mol. The van der Waals surface area contributed by atoms with Crippen molar-refractivity contribution in [1.82, 2.24) is 33.8 Å². The Balaban J connectivity index is 1.32. The number of benzene rings is 1. The fraction of sp³-hybridized carbons (Fsp3) is 0.367. The summed E-state index contributed by atoms with van der Waals surface area (Å²) >= 11 is 0. The van der Waals surface area contributed by atoms with Crippen molar-refractivity contribution in [1.29, 1.82) is 0 Å². The highest BCUT2D eigenvalue weighted by molar-refractivity contribution is 7.89. The van der Waals surface area contributed by atoms with Crippen molar-refractivity contribution in [3.63, 3.8) is 0 Å². The molecule has 0 radical (unpaired) electrons. The van der Waals surface area contributed by atoms with Gasteiger partial charge in [0.2, 0.25) is 0 Å². The van der Waals surface area contributed by atoms with Gasteiger partial charge in [-0.3, -0.25) is 14.5 Å². The van der Waals surface area contributed by atoms with Crippen molar-refractivity contribution in [2.45, 2.75) is 49.7 Å². The van der Waals surface area contributed by atoms with Crippen molar-refractivity contribution in [2.24, 2.45) is 18.4 Å². The fourth-order valence-electron chi connectivity index (χ4n) is 6.43. The zero-order valence-electron chi connectivity index (χ0n) is 23.4. The molecule has 4 aromatic rings. The van der Waals surface area contributed by atoms with Crippen molar-refractivity contribution < 1.29 is 22.0 Å². The number of allylic oxidation sites excluding steroid dienone is 1. The molecule has 2 saturated carbocycles. The fourth-order valence-corrected chi connectivity index (χ4v) is 8.03. The summed E-state index contributed by atoms with van der Waals surface area (Å²) in [6.45, 7) is 0.320. The number of nitrogens with zero attached hydrogens (tertiary/aromatic N) is 7. The van der Waals surface area contributed by atoms with Crippen molar-refractivity contribution in [3.8, 4) is 5.69 Å². The van der Waals surface area contributed by atoms with E-state index in [1.807, 2.05) is 6.08 Å². The predicted octanol–water partition coefficient (Wildman–Crippen LogP) is 4.14. The molecule has 2 atom stereocenters. The van der Waals surface area contributed by atoms with Gasteiger partial charge in [0, 0.05) is 31.9 Å². The third-order valence-corrected chi connectivity index (χ3v) is 10.5. The topological polar surface area (TPSA) is 116 Å². The lowest BCUT2D eigenvalue weighted by atomic mass is 9.60. The number of carbonyl (C=O) groups is 1. The van der Waals surface area contributed by atoms with Crippen LogP contribution in [0.2, 0.25) is 0 Å². The number of aromatic nitrogens is 6. The van der Waals surface area contributed by atoms with E-state index in [0.29, 0.717) is 25.1 Å². The molecule has 7 rings (SSSR count). The molecule has 0 N–H and O–H groups in total. The van der Waals surface area contributed by atoms with Gasteiger partial charge in [-0.25, -0.2) is 26.9 Å². The number of aryl methyl sites for hydroxylation is 1. The summed E-state index contributed by atoms with van der Waals surface area (Å²) in [5.74, 6) is -1.06. The molecular weight excluding hydrogens is 576 g/mol. The highest BCUT2D eigenvalue weighted by Gasteiger charge is 2.52. The zero-order valence-corrected chi connectivity index (χ0v) is 24.2. The molecule has 43 heavy (non-hydrogen) atoms. The predicted molar refractivity (Wildman–Crippen MR) is 151 cm³/mol. The van der Waals surface area contributed by atoms with Gasteiger partial charge in [-0.1, -0.05) is 5.57 Å². The summed E-state index contributed by atoms with van der Waals surface area (Å²) in [5, 5.41) is 8.38. The second-order valence-corrected chi connectivity index (χ2v) is 13.5. The van der Waals surface area contributed by atoms with Crippen LogP contribution in [0.25, 0.3) is 11.8 Å². The number of rotatable bonds is 8. The molecule has 0 aliphatic heterocycles. The summed E-state index contributed by atoms with van der Waals surface area (Å²) in [7, 11) is -2.44. The van der Waals surface area contributed by atoms with Crippen LogP contribution in [0, 0.1) is 23.0 Å². The Kier molecular flexibility index (Phi) is 6.62. The van der Waals surface area contributed by atoms with Gasteiger partial charge in [-0.2, -0.15) is 9.40 Å². The molecule has 222 valence electrons. The molecule has 3 aromatic heterocycles. The Morgan fingerprint density at radius 2 is 1.88 bits per heavy atom. The molecule has 2 fully saturated rings. The van der Waals surface area contributed by atoms with Crippen LogP contribution in [-0.2, 0) is 23.5 Å². The molecule has 3 aliphatic carbocycles. The average molecular weight is 606 g/mol. The van der Waals surface area contributed by atoms with E-state index in [0.717, 1.165) is 35.7 Å². The molecule has 0 bridgehead atoms. The average Bonchev–Trinajstić information content (AvgIpc) is 3.57. The second kappa shape index (κ2) is 10.3. The second-order valence-electron chi connectivity index (χ2n) is 11.7. The van der Waals surface area contributed by atoms with E-state index >= 15 is 0 Å². The minimum atomic E-state index is -4.06. The van der Waals surface area contributed by atoms with E-state index in [4.69, 9.17) is 0 Å². The molecule has 10 nitrogen and oxygen atoms in total. The first-order valence-corrected chi connectivity index (χ1v) is 15.7. The van der Waals surface area contributed by atoms with Gasteiger partial charge in [-0.15, -0.1) is 5.10 Å². The van der Waals surface area contributed by atoms with Crippen LogP contribution in [0.4, 0.5) is 8.78 Å². The molecule has 0 unspecified atom stereocenters. The molecular formula is C30H29F2N7O3S. The van der Waals surface area contributed by atoms with Gasteiger partial charge in [-0.05, 0) is 86.4 Å². The molecule has 1 aromatic carbocycles. The van der Waals surface area contributed by atoms with Gasteiger partial charge in [0.05, 0.1) is 23.0 Å². The molecule has 13 heteroatoms. The number of pyridine rings is 1. The molecule has 3 aliphatic rings. The number of ketones is 1. The Bertz CT molecular complexity index is 1860. The third kappa shape index (κ3) is 4.89. The smallest absolute Gasteiger partial charge is 0.282 e. The van der Waals surface area contributed by atoms with Gasteiger partial charge >= 0.3 is 0 Å². The van der Waals surface area contributed by atoms with E-state index < -0.39 is 27.3 Å². The van der Waals surface area contributed by atoms with Crippen molar-refractivity contribution >= 4 is 21.9 Å². The quantitative estimate of drug-likeness (QED) is 0.277. The summed E-state index contributed by atoms with van der Waals surface area (Å²) in [6.07, 6.45) is 9.45. The van der Waals surface area contributed by atoms with E-state index in [-0.39, 0.29) is 41.2 Å². The van der Waals surface area contributed by atoms with Gasteiger partial charge in [0.1, 0.15) is 23.7 Å². The van der Waals surface area contributed by atoms with E-state index in [2.05, 4.69) is 20.2 Å². The standard InChI is InChI=1S/C30H29F2N7O3S/c1-37-18-34-29(36-37)43(41,42)38(17-19-2-3-19)25-7-4-21-12-27-20(16-35-39(27)24-8-5-22(31)6-9-24)14-30(21,15-25)28(40)26-13-23(32)10-11-33-26/h5-6,8-13,16,18-19,25H,2-4,7,14-15,17H2,1H3/t25-,30-/m0/s1. The maximum Gasteiger partial charge on any atom is 0.282 e. The van der Waals surface area contributed by atoms with E-state index in [9.17, 15) is 22.0 Å². The molecule has 0 amide bonds. The highest BCUT2D eigenvalue weighted by Crippen LogP contribution is 2.51. The minimum Gasteiger partial charge on any atom is -0.291 e. The van der Waals surface area contributed by atoms with Crippen LogP contribution >= 0.6 is 0 Å². The maximum absolute atomic E-state index is 14.4. The lowest BCUT2D eigenvalue weighted by molar-refractivity contribution is 0.0734. The molecule has 0 spiro atoms. The number of hydrogen-bond acceptors (Lipinski definition) is 7. The summed E-state index contributed by atoms with van der Waals surface area (Å²) < 4.78 is 60.4. The highest BCUT2D eigenvalue weighted by atomic mass is 32.2. The number of sulfonamides is 1. The Morgan fingerprint density at radius 1 is 1.09 bits per heavy atom.